The molecule has 2 heterocycles. The van der Waals surface area contributed by atoms with Gasteiger partial charge < -0.3 is 13.7 Å². The number of hydrogen-bond acceptors (Lipinski definition) is 4. The van der Waals surface area contributed by atoms with Crippen LogP contribution in [0.15, 0.2) is 167 Å². The highest BCUT2D eigenvalue weighted by molar-refractivity contribution is 6.21. The molecule has 9 aromatic rings. The number of para-hydroxylation sites is 2. The normalized spacial score (nSPS) is 11.6. The van der Waals surface area contributed by atoms with Gasteiger partial charge in [0.15, 0.2) is 11.2 Å². The van der Waals surface area contributed by atoms with Gasteiger partial charge in [0, 0.05) is 28.3 Å². The fraction of sp³-hybridized carbons (Fsp3) is 0. The molecule has 2 aromatic heterocycles. The highest BCUT2D eigenvalue weighted by Gasteiger charge is 2.26. The van der Waals surface area contributed by atoms with Gasteiger partial charge in [-0.05, 0) is 52.7 Å². The van der Waals surface area contributed by atoms with Gasteiger partial charge in [0.2, 0.25) is 5.89 Å². The molecule has 0 radical (unpaired) electrons. The summed E-state index contributed by atoms with van der Waals surface area (Å²) < 4.78 is 13.3. The van der Waals surface area contributed by atoms with Crippen molar-refractivity contribution in [1.82, 2.24) is 4.98 Å². The minimum atomic E-state index is 0.580. The molecule has 7 aromatic carbocycles. The number of fused-ring (bicyclic) bond motifs is 6. The summed E-state index contributed by atoms with van der Waals surface area (Å²) in [6, 6.07) is 54.4. The Morgan fingerprint density at radius 2 is 1.18 bits per heavy atom. The van der Waals surface area contributed by atoms with Gasteiger partial charge in [-0.2, -0.15) is 0 Å². The molecule has 0 aliphatic rings. The van der Waals surface area contributed by atoms with Crippen molar-refractivity contribution in [3.63, 3.8) is 0 Å². The van der Waals surface area contributed by atoms with E-state index in [1.807, 2.05) is 54.6 Å². The average molecular weight is 579 g/mol. The van der Waals surface area contributed by atoms with E-state index in [2.05, 4.69) is 108 Å². The third-order valence-electron chi connectivity index (χ3n) is 8.47. The van der Waals surface area contributed by atoms with Crippen molar-refractivity contribution in [3.8, 4) is 22.6 Å². The molecule has 0 aliphatic heterocycles. The lowest BCUT2D eigenvalue weighted by Crippen LogP contribution is -2.11. The smallest absolute Gasteiger partial charge is 0.227 e. The van der Waals surface area contributed by atoms with Crippen LogP contribution in [0.25, 0.3) is 66.4 Å². The molecule has 4 heteroatoms. The first-order valence-electron chi connectivity index (χ1n) is 15.1. The molecule has 212 valence electrons. The predicted molar refractivity (Wildman–Crippen MR) is 184 cm³/mol. The number of anilines is 3. The standard InChI is InChI=1S/C41H26N2O2/c1-3-14-28(15-4-1)32-19-9-11-21-34(32)43(31-24-23-27-13-7-8-18-30(27)25-31)35-26-37-39(42-41(45-37)29-16-5-2-6-17-29)38-33-20-10-12-22-36(33)44-40(35)38/h1-26H. The second-order valence-corrected chi connectivity index (χ2v) is 11.2. The van der Waals surface area contributed by atoms with E-state index < -0.39 is 0 Å². The lowest BCUT2D eigenvalue weighted by atomic mass is 10.0. The van der Waals surface area contributed by atoms with Crippen LogP contribution in [0.4, 0.5) is 17.1 Å². The Hall–Kier alpha value is -6.13. The van der Waals surface area contributed by atoms with Gasteiger partial charge in [-0.25, -0.2) is 4.98 Å². The molecule has 4 nitrogen and oxygen atoms in total. The van der Waals surface area contributed by atoms with Crippen LogP contribution in [-0.2, 0) is 0 Å². The highest BCUT2D eigenvalue weighted by Crippen LogP contribution is 2.48. The number of oxazole rings is 1. The maximum absolute atomic E-state index is 6.74. The Balaban J connectivity index is 1.40. The van der Waals surface area contributed by atoms with Crippen molar-refractivity contribution in [2.24, 2.45) is 0 Å². The first-order chi connectivity index (χ1) is 22.3. The van der Waals surface area contributed by atoms with Crippen molar-refractivity contribution < 1.29 is 8.83 Å². The molecule has 0 saturated heterocycles. The zero-order chi connectivity index (χ0) is 29.7. The molecule has 0 aliphatic carbocycles. The van der Waals surface area contributed by atoms with Crippen LogP contribution in [0.5, 0.6) is 0 Å². The van der Waals surface area contributed by atoms with Crippen molar-refractivity contribution in [2.75, 3.05) is 4.90 Å². The van der Waals surface area contributed by atoms with Crippen molar-refractivity contribution in [2.45, 2.75) is 0 Å². The van der Waals surface area contributed by atoms with Gasteiger partial charge in [0.25, 0.3) is 0 Å². The lowest BCUT2D eigenvalue weighted by Gasteiger charge is -2.28. The van der Waals surface area contributed by atoms with Crippen molar-refractivity contribution in [3.05, 3.63) is 158 Å². The van der Waals surface area contributed by atoms with Crippen molar-refractivity contribution >= 4 is 60.9 Å². The zero-order valence-electron chi connectivity index (χ0n) is 24.2. The van der Waals surface area contributed by atoms with E-state index in [0.29, 0.717) is 11.5 Å². The molecule has 0 amide bonds. The summed E-state index contributed by atoms with van der Waals surface area (Å²) in [4.78, 5) is 7.34. The molecule has 0 bridgehead atoms. The topological polar surface area (TPSA) is 42.4 Å². The van der Waals surface area contributed by atoms with Crippen LogP contribution in [0, 0.1) is 0 Å². The molecule has 0 N–H and O–H groups in total. The van der Waals surface area contributed by atoms with Gasteiger partial charge in [0.1, 0.15) is 11.1 Å². The molecule has 0 spiro atoms. The molecule has 0 fully saturated rings. The second-order valence-electron chi connectivity index (χ2n) is 11.2. The number of hydrogen-bond donors (Lipinski definition) is 0. The summed E-state index contributed by atoms with van der Waals surface area (Å²) >= 11 is 0. The fourth-order valence-electron chi connectivity index (χ4n) is 6.38. The molecular formula is C41H26N2O2. The second kappa shape index (κ2) is 10.2. The summed E-state index contributed by atoms with van der Waals surface area (Å²) in [6.45, 7) is 0. The van der Waals surface area contributed by atoms with Gasteiger partial charge in [-0.3, -0.25) is 0 Å². The Kier molecular flexibility index (Phi) is 5.78. The quantitative estimate of drug-likeness (QED) is 0.204. The summed E-state index contributed by atoms with van der Waals surface area (Å²) in [5.41, 5.74) is 9.14. The Labute approximate surface area is 259 Å². The average Bonchev–Trinajstić information content (AvgIpc) is 3.71. The summed E-state index contributed by atoms with van der Waals surface area (Å²) in [6.07, 6.45) is 0. The zero-order valence-corrected chi connectivity index (χ0v) is 24.2. The first-order valence-corrected chi connectivity index (χ1v) is 15.1. The number of aromatic nitrogens is 1. The van der Waals surface area contributed by atoms with Crippen LogP contribution in [0.3, 0.4) is 0 Å². The van der Waals surface area contributed by atoms with E-state index in [0.717, 1.165) is 66.6 Å². The largest absolute Gasteiger partial charge is 0.454 e. The molecule has 0 atom stereocenters. The highest BCUT2D eigenvalue weighted by atomic mass is 16.4. The minimum Gasteiger partial charge on any atom is -0.454 e. The van der Waals surface area contributed by atoms with E-state index >= 15 is 0 Å². The maximum Gasteiger partial charge on any atom is 0.227 e. The van der Waals surface area contributed by atoms with E-state index in [-0.39, 0.29) is 0 Å². The number of rotatable bonds is 5. The Morgan fingerprint density at radius 1 is 0.489 bits per heavy atom. The molecular weight excluding hydrogens is 552 g/mol. The maximum atomic E-state index is 6.74. The van der Waals surface area contributed by atoms with Crippen LogP contribution in [0.2, 0.25) is 0 Å². The van der Waals surface area contributed by atoms with Gasteiger partial charge in [0.05, 0.1) is 16.8 Å². The molecule has 45 heavy (non-hydrogen) atoms. The van der Waals surface area contributed by atoms with Gasteiger partial charge >= 0.3 is 0 Å². The number of benzene rings is 7. The predicted octanol–water partition coefficient (Wildman–Crippen LogP) is 11.7. The molecule has 0 unspecified atom stereocenters. The molecule has 0 saturated carbocycles. The summed E-state index contributed by atoms with van der Waals surface area (Å²) in [5, 5.41) is 4.28. The van der Waals surface area contributed by atoms with E-state index in [9.17, 15) is 0 Å². The van der Waals surface area contributed by atoms with Gasteiger partial charge in [-0.1, -0.05) is 115 Å². The summed E-state index contributed by atoms with van der Waals surface area (Å²) in [7, 11) is 0. The van der Waals surface area contributed by atoms with Crippen LogP contribution in [-0.4, -0.2) is 4.98 Å². The minimum absolute atomic E-state index is 0.580. The SMILES string of the molecule is c1ccc(-c2nc3c(cc(N(c4ccc5ccccc5c4)c4ccccc4-c4ccccc4)c4oc5ccccc5c43)o2)cc1. The third-order valence-corrected chi connectivity index (χ3v) is 8.47. The van der Waals surface area contributed by atoms with Crippen LogP contribution in [0.1, 0.15) is 0 Å². The van der Waals surface area contributed by atoms with Crippen molar-refractivity contribution in [1.29, 1.82) is 0 Å². The Bertz CT molecular complexity index is 2490. The number of furan rings is 1. The lowest BCUT2D eigenvalue weighted by molar-refractivity contribution is 0.619. The van der Waals surface area contributed by atoms with E-state index in [1.165, 1.54) is 5.39 Å². The van der Waals surface area contributed by atoms with Crippen LogP contribution >= 0.6 is 0 Å². The first kappa shape index (κ1) is 25.4. The van der Waals surface area contributed by atoms with Gasteiger partial charge in [-0.15, -0.1) is 0 Å². The molecule has 9 rings (SSSR count). The van der Waals surface area contributed by atoms with Crippen LogP contribution < -0.4 is 4.90 Å². The van der Waals surface area contributed by atoms with E-state index in [4.69, 9.17) is 13.8 Å². The number of nitrogens with zero attached hydrogens (tertiary/aromatic N) is 2. The fourth-order valence-corrected chi connectivity index (χ4v) is 6.38. The monoisotopic (exact) mass is 578 g/mol. The Morgan fingerprint density at radius 3 is 2.02 bits per heavy atom. The van der Waals surface area contributed by atoms with E-state index in [1.54, 1.807) is 0 Å². The summed E-state index contributed by atoms with van der Waals surface area (Å²) in [5.74, 6) is 0.580. The third kappa shape index (κ3) is 4.19.